The highest BCUT2D eigenvalue weighted by Crippen LogP contribution is 2.25. The number of rotatable bonds is 4. The van der Waals surface area contributed by atoms with Gasteiger partial charge in [0, 0.05) is 19.8 Å². The van der Waals surface area contributed by atoms with Crippen LogP contribution in [0.15, 0.2) is 17.2 Å². The molecule has 0 unspecified atom stereocenters. The first-order valence-corrected chi connectivity index (χ1v) is 6.48. The Morgan fingerprint density at radius 2 is 2.00 bits per heavy atom. The van der Waals surface area contributed by atoms with E-state index >= 15 is 0 Å². The standard InChI is InChI=1S/C12H13F3N6O2/c1-7-5-18-8(6-17-7)9(22)16-3-4-21-11(23)20(2)10(19-21)12(13,14)15/h5-6H,3-4H2,1-2H3,(H,16,22). The van der Waals surface area contributed by atoms with Crippen LogP contribution in [0.25, 0.3) is 0 Å². The summed E-state index contributed by atoms with van der Waals surface area (Å²) in [5, 5.41) is 5.65. The fraction of sp³-hybridized carbons (Fsp3) is 0.417. The number of amides is 1. The number of alkyl halides is 3. The maximum absolute atomic E-state index is 12.6. The van der Waals surface area contributed by atoms with Gasteiger partial charge in [0.2, 0.25) is 5.82 Å². The first kappa shape index (κ1) is 16.6. The van der Waals surface area contributed by atoms with Crippen molar-refractivity contribution >= 4 is 5.91 Å². The van der Waals surface area contributed by atoms with Gasteiger partial charge in [0.25, 0.3) is 5.91 Å². The summed E-state index contributed by atoms with van der Waals surface area (Å²) in [4.78, 5) is 31.2. The van der Waals surface area contributed by atoms with E-state index in [1.165, 1.54) is 12.4 Å². The Bertz CT molecular complexity index is 763. The first-order chi connectivity index (χ1) is 10.7. The molecule has 1 amide bonds. The molecule has 0 saturated carbocycles. The van der Waals surface area contributed by atoms with Gasteiger partial charge in [0.1, 0.15) is 5.69 Å². The molecule has 0 saturated heterocycles. The lowest BCUT2D eigenvalue weighted by atomic mass is 10.4. The van der Waals surface area contributed by atoms with Crippen molar-refractivity contribution < 1.29 is 18.0 Å². The third-order valence-corrected chi connectivity index (χ3v) is 2.92. The smallest absolute Gasteiger partial charge is 0.349 e. The zero-order valence-corrected chi connectivity index (χ0v) is 12.3. The van der Waals surface area contributed by atoms with E-state index in [1.54, 1.807) is 6.92 Å². The Kier molecular flexibility index (Phi) is 4.48. The highest BCUT2D eigenvalue weighted by Gasteiger charge is 2.37. The van der Waals surface area contributed by atoms with Crippen LogP contribution in [0.3, 0.4) is 0 Å². The molecule has 0 aliphatic rings. The monoisotopic (exact) mass is 330 g/mol. The molecule has 0 bridgehead atoms. The number of hydrogen-bond acceptors (Lipinski definition) is 5. The van der Waals surface area contributed by atoms with Gasteiger partial charge in [-0.05, 0) is 6.92 Å². The lowest BCUT2D eigenvalue weighted by Gasteiger charge is -2.04. The molecular formula is C12H13F3N6O2. The molecule has 2 rings (SSSR count). The number of carbonyl (C=O) groups excluding carboxylic acids is 1. The number of carbonyl (C=O) groups is 1. The second-order valence-electron chi connectivity index (χ2n) is 4.69. The summed E-state index contributed by atoms with van der Waals surface area (Å²) in [7, 11) is 0.981. The van der Waals surface area contributed by atoms with Gasteiger partial charge in [-0.2, -0.15) is 13.2 Å². The van der Waals surface area contributed by atoms with Gasteiger partial charge in [0.05, 0.1) is 18.4 Å². The van der Waals surface area contributed by atoms with Crippen molar-refractivity contribution in [1.82, 2.24) is 29.6 Å². The minimum atomic E-state index is -4.72. The zero-order chi connectivity index (χ0) is 17.2. The van der Waals surface area contributed by atoms with Crippen LogP contribution in [0.2, 0.25) is 0 Å². The van der Waals surface area contributed by atoms with Crippen LogP contribution in [0, 0.1) is 6.92 Å². The minimum Gasteiger partial charge on any atom is -0.349 e. The molecule has 11 heteroatoms. The number of halogens is 3. The number of aromatic nitrogens is 5. The Balaban J connectivity index is 2.01. The van der Waals surface area contributed by atoms with Crippen molar-refractivity contribution in [3.8, 4) is 0 Å². The summed E-state index contributed by atoms with van der Waals surface area (Å²) >= 11 is 0. The van der Waals surface area contributed by atoms with Crippen LogP contribution in [0.1, 0.15) is 22.0 Å². The van der Waals surface area contributed by atoms with Crippen LogP contribution in [0.5, 0.6) is 0 Å². The molecule has 0 radical (unpaired) electrons. The molecule has 0 fully saturated rings. The molecule has 124 valence electrons. The minimum absolute atomic E-state index is 0.0694. The first-order valence-electron chi connectivity index (χ1n) is 6.48. The van der Waals surface area contributed by atoms with Crippen molar-refractivity contribution in [2.75, 3.05) is 6.54 Å². The van der Waals surface area contributed by atoms with Gasteiger partial charge in [-0.1, -0.05) is 0 Å². The fourth-order valence-corrected chi connectivity index (χ4v) is 1.76. The van der Waals surface area contributed by atoms with Crippen molar-refractivity contribution in [3.05, 3.63) is 40.1 Å². The Hall–Kier alpha value is -2.72. The fourth-order valence-electron chi connectivity index (χ4n) is 1.76. The van der Waals surface area contributed by atoms with Gasteiger partial charge < -0.3 is 5.32 Å². The Labute approximate surface area is 128 Å². The maximum atomic E-state index is 12.6. The highest BCUT2D eigenvalue weighted by atomic mass is 19.4. The molecule has 0 atom stereocenters. The van der Waals surface area contributed by atoms with Gasteiger partial charge in [-0.25, -0.2) is 14.5 Å². The van der Waals surface area contributed by atoms with E-state index in [-0.39, 0.29) is 18.8 Å². The van der Waals surface area contributed by atoms with E-state index in [2.05, 4.69) is 20.4 Å². The Morgan fingerprint density at radius 3 is 2.52 bits per heavy atom. The van der Waals surface area contributed by atoms with Crippen LogP contribution in [0.4, 0.5) is 13.2 Å². The molecule has 0 spiro atoms. The number of hydrogen-bond donors (Lipinski definition) is 1. The molecule has 8 nitrogen and oxygen atoms in total. The number of aryl methyl sites for hydroxylation is 1. The third kappa shape index (κ3) is 3.73. The SMILES string of the molecule is Cc1cnc(C(=O)NCCn2nc(C(F)(F)F)n(C)c2=O)cn1. The molecule has 2 aromatic rings. The van der Waals surface area contributed by atoms with Crippen molar-refractivity contribution in [2.24, 2.45) is 7.05 Å². The predicted octanol–water partition coefficient (Wildman–Crippen LogP) is 0.129. The lowest BCUT2D eigenvalue weighted by Crippen LogP contribution is -2.32. The largest absolute Gasteiger partial charge is 0.451 e. The molecule has 0 aliphatic carbocycles. The van der Waals surface area contributed by atoms with E-state index in [0.29, 0.717) is 14.9 Å². The van der Waals surface area contributed by atoms with Crippen molar-refractivity contribution in [1.29, 1.82) is 0 Å². The molecule has 2 heterocycles. The zero-order valence-electron chi connectivity index (χ0n) is 12.3. The van der Waals surface area contributed by atoms with E-state index < -0.39 is 23.6 Å². The van der Waals surface area contributed by atoms with E-state index in [4.69, 9.17) is 0 Å². The lowest BCUT2D eigenvalue weighted by molar-refractivity contribution is -0.147. The Morgan fingerprint density at radius 1 is 1.30 bits per heavy atom. The third-order valence-electron chi connectivity index (χ3n) is 2.92. The molecule has 2 aromatic heterocycles. The quantitative estimate of drug-likeness (QED) is 0.860. The summed E-state index contributed by atoms with van der Waals surface area (Å²) in [6.07, 6.45) is -2.03. The van der Waals surface area contributed by atoms with Gasteiger partial charge in [0.15, 0.2) is 0 Å². The topological polar surface area (TPSA) is 94.7 Å². The van der Waals surface area contributed by atoms with Gasteiger partial charge >= 0.3 is 11.9 Å². The number of nitrogens with zero attached hydrogens (tertiary/aromatic N) is 5. The molecule has 0 aromatic carbocycles. The predicted molar refractivity (Wildman–Crippen MR) is 71.6 cm³/mol. The summed E-state index contributed by atoms with van der Waals surface area (Å²) in [6.45, 7) is 1.43. The molecule has 1 N–H and O–H groups in total. The second-order valence-corrected chi connectivity index (χ2v) is 4.69. The van der Waals surface area contributed by atoms with E-state index in [1.807, 2.05) is 0 Å². The van der Waals surface area contributed by atoms with Crippen molar-refractivity contribution in [3.63, 3.8) is 0 Å². The number of nitrogens with one attached hydrogen (secondary N) is 1. The van der Waals surface area contributed by atoms with Crippen LogP contribution in [-0.4, -0.2) is 36.8 Å². The highest BCUT2D eigenvalue weighted by molar-refractivity contribution is 5.91. The van der Waals surface area contributed by atoms with Gasteiger partial charge in [-0.15, -0.1) is 5.10 Å². The maximum Gasteiger partial charge on any atom is 0.451 e. The van der Waals surface area contributed by atoms with Crippen molar-refractivity contribution in [2.45, 2.75) is 19.6 Å². The second kappa shape index (κ2) is 6.18. The average Bonchev–Trinajstić information content (AvgIpc) is 2.76. The van der Waals surface area contributed by atoms with Crippen LogP contribution < -0.4 is 11.0 Å². The molecule has 0 aliphatic heterocycles. The van der Waals surface area contributed by atoms with Crippen LogP contribution in [-0.2, 0) is 19.8 Å². The summed E-state index contributed by atoms with van der Waals surface area (Å²) in [5.41, 5.74) is -0.206. The van der Waals surface area contributed by atoms with E-state index in [9.17, 15) is 22.8 Å². The summed E-state index contributed by atoms with van der Waals surface area (Å²) in [5.74, 6) is -1.84. The normalized spacial score (nSPS) is 11.5. The van der Waals surface area contributed by atoms with E-state index in [0.717, 1.165) is 7.05 Å². The molecular weight excluding hydrogens is 317 g/mol. The molecule has 23 heavy (non-hydrogen) atoms. The average molecular weight is 330 g/mol. The van der Waals surface area contributed by atoms with Gasteiger partial charge in [-0.3, -0.25) is 14.3 Å². The summed E-state index contributed by atoms with van der Waals surface area (Å²) in [6, 6.07) is 0. The summed E-state index contributed by atoms with van der Waals surface area (Å²) < 4.78 is 38.9. The van der Waals surface area contributed by atoms with Crippen LogP contribution >= 0.6 is 0 Å².